The smallest absolute Gasteiger partial charge is 0.264 e. The first kappa shape index (κ1) is 32.3. The Bertz CT molecular complexity index is 1710. The number of amides is 2. The molecule has 0 aromatic heterocycles. The van der Waals surface area contributed by atoms with Crippen LogP contribution >= 0.6 is 11.6 Å². The number of carbonyl (C=O) groups is 2. The summed E-state index contributed by atoms with van der Waals surface area (Å²) in [5.74, 6) is -0.780. The number of hydrogen-bond donors (Lipinski definition) is 1. The first-order valence-electron chi connectivity index (χ1n) is 15.2. The third-order valence-corrected chi connectivity index (χ3v) is 10.3. The third kappa shape index (κ3) is 8.12. The van der Waals surface area contributed by atoms with Crippen LogP contribution in [0.3, 0.4) is 0 Å². The van der Waals surface area contributed by atoms with Gasteiger partial charge in [0.25, 0.3) is 10.0 Å². The first-order chi connectivity index (χ1) is 21.7. The Morgan fingerprint density at radius 3 is 2.18 bits per heavy atom. The number of benzene rings is 4. The first-order valence-corrected chi connectivity index (χ1v) is 17.1. The van der Waals surface area contributed by atoms with E-state index in [0.29, 0.717) is 16.3 Å². The molecule has 0 heterocycles. The lowest BCUT2D eigenvalue weighted by Crippen LogP contribution is -2.54. The van der Waals surface area contributed by atoms with Gasteiger partial charge < -0.3 is 10.2 Å². The number of nitrogens with one attached hydrogen (secondary N) is 1. The van der Waals surface area contributed by atoms with Crippen LogP contribution in [0.25, 0.3) is 0 Å². The Morgan fingerprint density at radius 2 is 1.51 bits per heavy atom. The molecule has 1 aliphatic carbocycles. The monoisotopic (exact) mass is 643 g/mol. The summed E-state index contributed by atoms with van der Waals surface area (Å²) in [4.78, 5) is 30.2. The molecular weight excluding hydrogens is 606 g/mol. The topological polar surface area (TPSA) is 86.8 Å². The number of nitrogens with zero attached hydrogens (tertiary/aromatic N) is 2. The molecule has 4 aromatic rings. The van der Waals surface area contributed by atoms with Crippen LogP contribution in [-0.4, -0.2) is 43.8 Å². The Labute approximate surface area is 270 Å². The lowest BCUT2D eigenvalue weighted by molar-refractivity contribution is -0.140. The minimum atomic E-state index is -4.14. The quantitative estimate of drug-likeness (QED) is 0.190. The molecular formula is C36H38ClN3O4S. The zero-order valence-corrected chi connectivity index (χ0v) is 26.9. The average molecular weight is 644 g/mol. The molecule has 1 fully saturated rings. The number of rotatable bonds is 12. The highest BCUT2D eigenvalue weighted by Gasteiger charge is 2.35. The molecule has 1 atom stereocenters. The van der Waals surface area contributed by atoms with Crippen LogP contribution in [0, 0.1) is 6.92 Å². The van der Waals surface area contributed by atoms with Crippen LogP contribution in [0.5, 0.6) is 0 Å². The van der Waals surface area contributed by atoms with Gasteiger partial charge in [-0.1, -0.05) is 103 Å². The van der Waals surface area contributed by atoms with Crippen LogP contribution in [0.4, 0.5) is 5.69 Å². The van der Waals surface area contributed by atoms with Crippen molar-refractivity contribution in [2.45, 2.75) is 62.6 Å². The fraction of sp³-hybridized carbons (Fsp3) is 0.278. The zero-order valence-electron chi connectivity index (χ0n) is 25.3. The molecule has 1 N–H and O–H groups in total. The Kier molecular flexibility index (Phi) is 10.6. The van der Waals surface area contributed by atoms with E-state index in [2.05, 4.69) is 5.32 Å². The van der Waals surface area contributed by atoms with Crippen LogP contribution in [-0.2, 0) is 32.6 Å². The SMILES string of the molecule is Cc1cccc(N(CC(=O)N(Cc2ccccc2Cl)[C@H](Cc2ccccc2)C(=O)NC2CCCC2)S(=O)(=O)c2ccccc2)c1. The summed E-state index contributed by atoms with van der Waals surface area (Å²) in [7, 11) is -4.14. The highest BCUT2D eigenvalue weighted by molar-refractivity contribution is 7.92. The van der Waals surface area contributed by atoms with Crippen LogP contribution in [0.1, 0.15) is 42.4 Å². The van der Waals surface area contributed by atoms with Crippen molar-refractivity contribution >= 4 is 39.1 Å². The number of carbonyl (C=O) groups excluding carboxylic acids is 2. The van der Waals surface area contributed by atoms with E-state index in [0.717, 1.165) is 41.1 Å². The van der Waals surface area contributed by atoms with Gasteiger partial charge in [0.15, 0.2) is 0 Å². The largest absolute Gasteiger partial charge is 0.352 e. The fourth-order valence-electron chi connectivity index (χ4n) is 5.76. The molecule has 2 amide bonds. The van der Waals surface area contributed by atoms with Crippen molar-refractivity contribution in [3.05, 3.63) is 131 Å². The lowest BCUT2D eigenvalue weighted by atomic mass is 10.0. The van der Waals surface area contributed by atoms with Crippen molar-refractivity contribution in [2.24, 2.45) is 0 Å². The second kappa shape index (κ2) is 14.8. The van der Waals surface area contributed by atoms with Crippen molar-refractivity contribution in [2.75, 3.05) is 10.8 Å². The Morgan fingerprint density at radius 1 is 0.867 bits per heavy atom. The van der Waals surface area contributed by atoms with E-state index in [4.69, 9.17) is 11.6 Å². The molecule has 0 spiro atoms. The average Bonchev–Trinajstić information content (AvgIpc) is 3.56. The molecule has 9 heteroatoms. The molecule has 0 bridgehead atoms. The summed E-state index contributed by atoms with van der Waals surface area (Å²) in [6, 6.07) is 31.0. The third-order valence-electron chi connectivity index (χ3n) is 8.17. The molecule has 234 valence electrons. The van der Waals surface area contributed by atoms with Crippen LogP contribution < -0.4 is 9.62 Å². The minimum Gasteiger partial charge on any atom is -0.352 e. The molecule has 0 saturated heterocycles. The van der Waals surface area contributed by atoms with Crippen LogP contribution in [0.2, 0.25) is 5.02 Å². The fourth-order valence-corrected chi connectivity index (χ4v) is 7.39. The van der Waals surface area contributed by atoms with Crippen molar-refractivity contribution < 1.29 is 18.0 Å². The molecule has 4 aromatic carbocycles. The van der Waals surface area contributed by atoms with E-state index in [1.807, 2.05) is 55.5 Å². The maximum absolute atomic E-state index is 14.6. The van der Waals surface area contributed by atoms with E-state index in [9.17, 15) is 18.0 Å². The molecule has 0 radical (unpaired) electrons. The normalized spacial score (nSPS) is 14.1. The van der Waals surface area contributed by atoms with Gasteiger partial charge in [0.05, 0.1) is 10.6 Å². The van der Waals surface area contributed by atoms with Gasteiger partial charge >= 0.3 is 0 Å². The Balaban J connectivity index is 1.57. The summed E-state index contributed by atoms with van der Waals surface area (Å²) in [5.41, 5.74) is 2.75. The standard InChI is InChI=1S/C36H38ClN3O4S/c1-27-13-12-19-31(23-27)40(45(43,44)32-20-6-3-7-21-32)26-35(41)39(25-29-16-8-11-22-33(29)37)34(24-28-14-4-2-5-15-28)36(42)38-30-17-9-10-18-30/h2-8,11-16,19-23,30,34H,9-10,17-18,24-26H2,1H3,(H,38,42)/t34-/m1/s1. The molecule has 0 unspecified atom stereocenters. The summed E-state index contributed by atoms with van der Waals surface area (Å²) < 4.78 is 29.3. The van der Waals surface area contributed by atoms with Crippen molar-refractivity contribution in [3.63, 3.8) is 0 Å². The molecule has 0 aliphatic heterocycles. The van der Waals surface area contributed by atoms with E-state index < -0.39 is 28.5 Å². The molecule has 45 heavy (non-hydrogen) atoms. The van der Waals surface area contributed by atoms with Gasteiger partial charge in [-0.05, 0) is 66.8 Å². The zero-order chi connectivity index (χ0) is 31.8. The predicted molar refractivity (Wildman–Crippen MR) is 178 cm³/mol. The van der Waals surface area contributed by atoms with Crippen molar-refractivity contribution in [1.82, 2.24) is 10.2 Å². The molecule has 1 aliphatic rings. The van der Waals surface area contributed by atoms with E-state index in [1.54, 1.807) is 48.5 Å². The highest BCUT2D eigenvalue weighted by Crippen LogP contribution is 2.27. The van der Waals surface area contributed by atoms with Gasteiger partial charge in [-0.15, -0.1) is 0 Å². The highest BCUT2D eigenvalue weighted by atomic mass is 35.5. The minimum absolute atomic E-state index is 0.0289. The lowest BCUT2D eigenvalue weighted by Gasteiger charge is -2.34. The summed E-state index contributed by atoms with van der Waals surface area (Å²) in [6.45, 7) is 1.39. The molecule has 1 saturated carbocycles. The number of sulfonamides is 1. The van der Waals surface area contributed by atoms with Gasteiger partial charge in [-0.2, -0.15) is 0 Å². The van der Waals surface area contributed by atoms with Crippen LogP contribution in [0.15, 0.2) is 114 Å². The van der Waals surface area contributed by atoms with Crippen molar-refractivity contribution in [1.29, 1.82) is 0 Å². The maximum atomic E-state index is 14.6. The Hall–Kier alpha value is -4.14. The van der Waals surface area contributed by atoms with E-state index in [1.165, 1.54) is 17.0 Å². The molecule has 7 nitrogen and oxygen atoms in total. The number of halogens is 1. The summed E-state index contributed by atoms with van der Waals surface area (Å²) >= 11 is 6.58. The van der Waals surface area contributed by atoms with Crippen molar-refractivity contribution in [3.8, 4) is 0 Å². The number of hydrogen-bond acceptors (Lipinski definition) is 4. The maximum Gasteiger partial charge on any atom is 0.264 e. The van der Waals surface area contributed by atoms with Gasteiger partial charge in [0.2, 0.25) is 11.8 Å². The van der Waals surface area contributed by atoms with Gasteiger partial charge in [-0.25, -0.2) is 8.42 Å². The second-order valence-electron chi connectivity index (χ2n) is 11.5. The van der Waals surface area contributed by atoms with Gasteiger partial charge in [0.1, 0.15) is 12.6 Å². The van der Waals surface area contributed by atoms with E-state index >= 15 is 0 Å². The second-order valence-corrected chi connectivity index (χ2v) is 13.7. The number of anilines is 1. The summed E-state index contributed by atoms with van der Waals surface area (Å²) in [5, 5.41) is 3.64. The molecule has 5 rings (SSSR count). The summed E-state index contributed by atoms with van der Waals surface area (Å²) in [6.07, 6.45) is 4.11. The predicted octanol–water partition coefficient (Wildman–Crippen LogP) is 6.54. The number of aryl methyl sites for hydroxylation is 1. The van der Waals surface area contributed by atoms with Gasteiger partial charge in [-0.3, -0.25) is 13.9 Å². The van der Waals surface area contributed by atoms with E-state index in [-0.39, 0.29) is 29.8 Å². The van der Waals surface area contributed by atoms with Gasteiger partial charge in [0, 0.05) is 24.0 Å².